The van der Waals surface area contributed by atoms with Crippen LogP contribution >= 0.6 is 0 Å². The number of ketones is 1. The van der Waals surface area contributed by atoms with Gasteiger partial charge in [0.25, 0.3) is 0 Å². The van der Waals surface area contributed by atoms with Crippen LogP contribution in [0.2, 0.25) is 0 Å². The number of benzene rings is 3. The molecule has 0 amide bonds. The molecule has 7 heteroatoms. The molecule has 1 heterocycles. The molecule has 0 bridgehead atoms. The second-order valence-corrected chi connectivity index (χ2v) is 7.84. The molecule has 3 aromatic carbocycles. The zero-order chi connectivity index (χ0) is 25.7. The standard InChI is InChI=1S/C29H26O7/c1-5-34-23-12-15-27-24(17-23)28(18(2)35-27)29(31)36-21-9-6-19(7-10-21)25(30)13-8-20-16-22(32-3)11-14-26(20)33-4/h6-17H,5H2,1-4H3/b13-8+. The summed E-state index contributed by atoms with van der Waals surface area (Å²) in [6.45, 7) is 4.11. The van der Waals surface area contributed by atoms with Crippen LogP contribution < -0.4 is 18.9 Å². The highest BCUT2D eigenvalue weighted by Crippen LogP contribution is 2.30. The second kappa shape index (κ2) is 10.8. The molecule has 0 spiro atoms. The van der Waals surface area contributed by atoms with E-state index < -0.39 is 5.97 Å². The first-order chi connectivity index (χ1) is 17.4. The van der Waals surface area contributed by atoms with Crippen molar-refractivity contribution in [2.24, 2.45) is 0 Å². The molecule has 0 fully saturated rings. The maximum Gasteiger partial charge on any atom is 0.347 e. The molecule has 0 aliphatic carbocycles. The first-order valence-electron chi connectivity index (χ1n) is 11.4. The predicted molar refractivity (Wildman–Crippen MR) is 136 cm³/mol. The minimum absolute atomic E-state index is 0.210. The van der Waals surface area contributed by atoms with Crippen LogP contribution in [-0.2, 0) is 0 Å². The third-order valence-corrected chi connectivity index (χ3v) is 5.55. The average Bonchev–Trinajstić information content (AvgIpc) is 3.22. The molecule has 0 saturated carbocycles. The van der Waals surface area contributed by atoms with Gasteiger partial charge in [-0.2, -0.15) is 0 Å². The minimum Gasteiger partial charge on any atom is -0.497 e. The van der Waals surface area contributed by atoms with Crippen molar-refractivity contribution in [3.05, 3.63) is 89.2 Å². The van der Waals surface area contributed by atoms with Crippen LogP contribution in [0.1, 0.15) is 39.0 Å². The van der Waals surface area contributed by atoms with Gasteiger partial charge in [0.15, 0.2) is 5.78 Å². The molecular weight excluding hydrogens is 460 g/mol. The van der Waals surface area contributed by atoms with Crippen molar-refractivity contribution >= 4 is 28.8 Å². The molecule has 4 rings (SSSR count). The number of hydrogen-bond acceptors (Lipinski definition) is 7. The first-order valence-corrected chi connectivity index (χ1v) is 11.4. The van der Waals surface area contributed by atoms with Crippen LogP contribution in [0.15, 0.2) is 71.2 Å². The maximum absolute atomic E-state index is 12.9. The van der Waals surface area contributed by atoms with Crippen molar-refractivity contribution in [1.29, 1.82) is 0 Å². The van der Waals surface area contributed by atoms with Gasteiger partial charge in [-0.05, 0) is 86.7 Å². The van der Waals surface area contributed by atoms with E-state index in [2.05, 4.69) is 0 Å². The number of carbonyl (C=O) groups excluding carboxylic acids is 2. The normalized spacial score (nSPS) is 11.0. The largest absolute Gasteiger partial charge is 0.497 e. The fourth-order valence-electron chi connectivity index (χ4n) is 3.79. The molecule has 184 valence electrons. The van der Waals surface area contributed by atoms with Crippen molar-refractivity contribution in [1.82, 2.24) is 0 Å². The van der Waals surface area contributed by atoms with Crippen LogP contribution in [0.25, 0.3) is 17.0 Å². The Balaban J connectivity index is 1.49. The summed E-state index contributed by atoms with van der Waals surface area (Å²) in [5.74, 6) is 1.92. The van der Waals surface area contributed by atoms with Gasteiger partial charge in [-0.3, -0.25) is 4.79 Å². The Bertz CT molecular complexity index is 1430. The van der Waals surface area contributed by atoms with Crippen LogP contribution in [0.5, 0.6) is 23.0 Å². The first kappa shape index (κ1) is 24.6. The number of rotatable bonds is 9. The zero-order valence-corrected chi connectivity index (χ0v) is 20.5. The van der Waals surface area contributed by atoms with E-state index in [1.807, 2.05) is 6.92 Å². The number of hydrogen-bond donors (Lipinski definition) is 0. The van der Waals surface area contributed by atoms with E-state index in [1.165, 1.54) is 6.08 Å². The Hall–Kier alpha value is -4.52. The monoisotopic (exact) mass is 486 g/mol. The quantitative estimate of drug-likeness (QED) is 0.119. The van der Waals surface area contributed by atoms with Crippen molar-refractivity contribution in [3.8, 4) is 23.0 Å². The van der Waals surface area contributed by atoms with Gasteiger partial charge in [0.1, 0.15) is 39.9 Å². The maximum atomic E-state index is 12.9. The lowest BCUT2D eigenvalue weighted by Gasteiger charge is -2.07. The topological polar surface area (TPSA) is 84.2 Å². The fourth-order valence-corrected chi connectivity index (χ4v) is 3.79. The van der Waals surface area contributed by atoms with Gasteiger partial charge < -0.3 is 23.4 Å². The van der Waals surface area contributed by atoms with Crippen LogP contribution in [0.4, 0.5) is 0 Å². The van der Waals surface area contributed by atoms with E-state index in [0.717, 1.165) is 0 Å². The lowest BCUT2D eigenvalue weighted by molar-refractivity contribution is 0.0734. The number of fused-ring (bicyclic) bond motifs is 1. The Morgan fingerprint density at radius 3 is 2.31 bits per heavy atom. The van der Waals surface area contributed by atoms with Gasteiger partial charge in [-0.25, -0.2) is 4.79 Å². The summed E-state index contributed by atoms with van der Waals surface area (Å²) in [6.07, 6.45) is 3.12. The minimum atomic E-state index is -0.552. The van der Waals surface area contributed by atoms with Crippen molar-refractivity contribution in [2.75, 3.05) is 20.8 Å². The molecule has 0 N–H and O–H groups in total. The van der Waals surface area contributed by atoms with Crippen molar-refractivity contribution < 1.29 is 33.0 Å². The number of esters is 1. The molecule has 0 unspecified atom stereocenters. The highest BCUT2D eigenvalue weighted by molar-refractivity contribution is 6.07. The highest BCUT2D eigenvalue weighted by atomic mass is 16.5. The summed E-state index contributed by atoms with van der Waals surface area (Å²) in [6, 6.07) is 17.0. The molecule has 0 atom stereocenters. The van der Waals surface area contributed by atoms with Gasteiger partial charge >= 0.3 is 5.97 Å². The van der Waals surface area contributed by atoms with Gasteiger partial charge in [-0.1, -0.05) is 0 Å². The summed E-state index contributed by atoms with van der Waals surface area (Å²) in [5.41, 5.74) is 2.07. The Morgan fingerprint density at radius 2 is 1.61 bits per heavy atom. The second-order valence-electron chi connectivity index (χ2n) is 7.84. The molecule has 0 radical (unpaired) electrons. The van der Waals surface area contributed by atoms with Gasteiger partial charge in [0, 0.05) is 16.5 Å². The summed E-state index contributed by atoms with van der Waals surface area (Å²) in [5, 5.41) is 0.619. The number of methoxy groups -OCH3 is 2. The Kier molecular flexibility index (Phi) is 7.39. The summed E-state index contributed by atoms with van der Waals surface area (Å²) in [4.78, 5) is 25.6. The Labute approximate surface area is 208 Å². The van der Waals surface area contributed by atoms with Crippen LogP contribution in [0.3, 0.4) is 0 Å². The van der Waals surface area contributed by atoms with Crippen molar-refractivity contribution in [2.45, 2.75) is 13.8 Å². The van der Waals surface area contributed by atoms with E-state index in [4.69, 9.17) is 23.4 Å². The number of carbonyl (C=O) groups is 2. The Morgan fingerprint density at radius 1 is 0.889 bits per heavy atom. The van der Waals surface area contributed by atoms with E-state index in [1.54, 1.807) is 87.9 Å². The van der Waals surface area contributed by atoms with Gasteiger partial charge in [-0.15, -0.1) is 0 Å². The molecule has 1 aromatic heterocycles. The third kappa shape index (κ3) is 5.25. The van der Waals surface area contributed by atoms with E-state index >= 15 is 0 Å². The number of aryl methyl sites for hydroxylation is 1. The number of allylic oxidation sites excluding steroid dienone is 1. The van der Waals surface area contributed by atoms with Gasteiger partial charge in [0.2, 0.25) is 0 Å². The molecular formula is C29H26O7. The third-order valence-electron chi connectivity index (χ3n) is 5.55. The SMILES string of the molecule is CCOc1ccc2oc(C)c(C(=O)Oc3ccc(C(=O)/C=C/c4cc(OC)ccc4OC)cc3)c2c1. The zero-order valence-electron chi connectivity index (χ0n) is 20.5. The summed E-state index contributed by atoms with van der Waals surface area (Å²) < 4.78 is 27.4. The van der Waals surface area contributed by atoms with E-state index in [-0.39, 0.29) is 5.78 Å². The summed E-state index contributed by atoms with van der Waals surface area (Å²) >= 11 is 0. The molecule has 4 aromatic rings. The highest BCUT2D eigenvalue weighted by Gasteiger charge is 2.21. The van der Waals surface area contributed by atoms with Gasteiger partial charge in [0.05, 0.1) is 20.8 Å². The average molecular weight is 487 g/mol. The lowest BCUT2D eigenvalue weighted by Crippen LogP contribution is -2.09. The number of furan rings is 1. The molecule has 0 saturated heterocycles. The van der Waals surface area contributed by atoms with Crippen LogP contribution in [0, 0.1) is 6.92 Å². The molecule has 0 aliphatic heterocycles. The molecule has 7 nitrogen and oxygen atoms in total. The number of ether oxygens (including phenoxy) is 4. The molecule has 36 heavy (non-hydrogen) atoms. The fraction of sp³-hybridized carbons (Fsp3) is 0.172. The molecule has 0 aliphatic rings. The lowest BCUT2D eigenvalue weighted by atomic mass is 10.1. The predicted octanol–water partition coefficient (Wildman–Crippen LogP) is 6.27. The summed E-state index contributed by atoms with van der Waals surface area (Å²) in [7, 11) is 3.13. The van der Waals surface area contributed by atoms with Crippen LogP contribution in [-0.4, -0.2) is 32.6 Å². The van der Waals surface area contributed by atoms with E-state index in [0.29, 0.717) is 63.0 Å². The smallest absolute Gasteiger partial charge is 0.347 e. The van der Waals surface area contributed by atoms with Crippen molar-refractivity contribution in [3.63, 3.8) is 0 Å². The van der Waals surface area contributed by atoms with E-state index in [9.17, 15) is 9.59 Å².